The lowest BCUT2D eigenvalue weighted by Gasteiger charge is -2.12. The van der Waals surface area contributed by atoms with Crippen molar-refractivity contribution in [3.8, 4) is 5.75 Å². The number of benzene rings is 2. The molecule has 0 saturated heterocycles. The summed E-state index contributed by atoms with van der Waals surface area (Å²) in [6.07, 6.45) is 0.818. The van der Waals surface area contributed by atoms with E-state index in [1.165, 1.54) is 11.3 Å². The molecule has 0 radical (unpaired) electrons. The fourth-order valence-corrected chi connectivity index (χ4v) is 4.19. The zero-order valence-electron chi connectivity index (χ0n) is 14.3. The van der Waals surface area contributed by atoms with Crippen LogP contribution in [0.25, 0.3) is 10.1 Å². The number of halogens is 2. The summed E-state index contributed by atoms with van der Waals surface area (Å²) in [6.45, 7) is 2.47. The monoisotopic (exact) mass is 466 g/mol. The number of hydrogen-bond acceptors (Lipinski definition) is 4. The van der Waals surface area contributed by atoms with Crippen molar-refractivity contribution in [3.63, 3.8) is 0 Å². The summed E-state index contributed by atoms with van der Waals surface area (Å²) in [6, 6.07) is 12.6. The lowest BCUT2D eigenvalue weighted by Crippen LogP contribution is -2.41. The van der Waals surface area contributed by atoms with E-state index in [1.54, 1.807) is 18.2 Å². The van der Waals surface area contributed by atoms with Gasteiger partial charge in [0.15, 0.2) is 0 Å². The minimum absolute atomic E-state index is 0.320. The van der Waals surface area contributed by atoms with Crippen LogP contribution in [0.2, 0.25) is 5.02 Å². The summed E-state index contributed by atoms with van der Waals surface area (Å²) in [5.74, 6) is -0.500. The lowest BCUT2D eigenvalue weighted by molar-refractivity contribution is 0.0846. The Hall–Kier alpha value is -2.09. The number of ether oxygens (including phenoxy) is 1. The molecule has 5 nitrogen and oxygen atoms in total. The highest BCUT2D eigenvalue weighted by molar-refractivity contribution is 9.10. The van der Waals surface area contributed by atoms with Gasteiger partial charge in [-0.25, -0.2) is 0 Å². The van der Waals surface area contributed by atoms with Gasteiger partial charge < -0.3 is 4.74 Å². The molecule has 2 amide bonds. The molecule has 2 N–H and O–H groups in total. The second kappa shape index (κ2) is 8.73. The number of carbonyl (C=O) groups excluding carboxylic acids is 2. The Morgan fingerprint density at radius 3 is 2.63 bits per heavy atom. The molecule has 0 spiro atoms. The second-order valence-corrected chi connectivity index (χ2v) is 7.98. The highest BCUT2D eigenvalue weighted by atomic mass is 79.9. The van der Waals surface area contributed by atoms with E-state index in [0.29, 0.717) is 27.8 Å². The quantitative estimate of drug-likeness (QED) is 0.508. The second-order valence-electron chi connectivity index (χ2n) is 5.64. The summed E-state index contributed by atoms with van der Waals surface area (Å²) < 4.78 is 7.24. The van der Waals surface area contributed by atoms with Gasteiger partial charge in [-0.15, -0.1) is 11.3 Å². The molecule has 2 aromatic carbocycles. The Morgan fingerprint density at radius 2 is 1.89 bits per heavy atom. The van der Waals surface area contributed by atoms with Crippen LogP contribution < -0.4 is 15.6 Å². The van der Waals surface area contributed by atoms with Crippen molar-refractivity contribution in [1.29, 1.82) is 0 Å². The predicted molar refractivity (Wildman–Crippen MR) is 112 cm³/mol. The Labute approximate surface area is 173 Å². The largest absolute Gasteiger partial charge is 0.493 e. The minimum Gasteiger partial charge on any atom is -0.493 e. The molecule has 140 valence electrons. The first kappa shape index (κ1) is 19.7. The van der Waals surface area contributed by atoms with Crippen molar-refractivity contribution in [2.45, 2.75) is 13.3 Å². The van der Waals surface area contributed by atoms with Gasteiger partial charge in [-0.05, 0) is 30.7 Å². The molecular weight excluding hydrogens is 452 g/mol. The summed E-state index contributed by atoms with van der Waals surface area (Å²) in [5.41, 5.74) is 5.16. The van der Waals surface area contributed by atoms with E-state index in [2.05, 4.69) is 26.8 Å². The zero-order valence-corrected chi connectivity index (χ0v) is 17.5. The van der Waals surface area contributed by atoms with E-state index in [-0.39, 0.29) is 0 Å². The van der Waals surface area contributed by atoms with Crippen molar-refractivity contribution < 1.29 is 14.3 Å². The average Bonchev–Trinajstić information content (AvgIpc) is 3.02. The molecule has 0 aliphatic heterocycles. The molecule has 27 heavy (non-hydrogen) atoms. The molecule has 8 heteroatoms. The molecule has 0 fully saturated rings. The Balaban J connectivity index is 1.74. The van der Waals surface area contributed by atoms with Crippen LogP contribution in [-0.4, -0.2) is 18.4 Å². The van der Waals surface area contributed by atoms with Gasteiger partial charge in [-0.2, -0.15) is 0 Å². The van der Waals surface area contributed by atoms with E-state index >= 15 is 0 Å². The highest BCUT2D eigenvalue weighted by Crippen LogP contribution is 2.34. The summed E-state index contributed by atoms with van der Waals surface area (Å²) >= 11 is 10.9. The van der Waals surface area contributed by atoms with Crippen molar-refractivity contribution in [3.05, 3.63) is 62.4 Å². The SMILES string of the molecule is CCCOc1ccc(Br)cc1C(=O)NNC(=O)c1sc2ccccc2c1Cl. The summed E-state index contributed by atoms with van der Waals surface area (Å²) in [4.78, 5) is 25.3. The molecule has 3 rings (SSSR count). The molecule has 0 aliphatic rings. The van der Waals surface area contributed by atoms with Crippen LogP contribution in [0.15, 0.2) is 46.9 Å². The maximum atomic E-state index is 12.5. The number of carbonyl (C=O) groups is 2. The standard InChI is InChI=1S/C19H16BrClN2O3S/c1-2-9-26-14-8-7-11(20)10-13(14)18(24)22-23-19(25)17-16(21)12-5-3-4-6-15(12)27-17/h3-8,10H,2,9H2,1H3,(H,22,24)(H,23,25). The number of rotatable bonds is 5. The van der Waals surface area contributed by atoms with Crippen molar-refractivity contribution in [2.24, 2.45) is 0 Å². The van der Waals surface area contributed by atoms with E-state index < -0.39 is 11.8 Å². The van der Waals surface area contributed by atoms with Crippen molar-refractivity contribution in [1.82, 2.24) is 10.9 Å². The molecule has 0 unspecified atom stereocenters. The molecular formula is C19H16BrClN2O3S. The van der Waals surface area contributed by atoms with Gasteiger partial charge in [0.25, 0.3) is 11.8 Å². The fourth-order valence-electron chi connectivity index (χ4n) is 2.42. The van der Waals surface area contributed by atoms with Crippen LogP contribution in [0.5, 0.6) is 5.75 Å². The number of fused-ring (bicyclic) bond motifs is 1. The highest BCUT2D eigenvalue weighted by Gasteiger charge is 2.19. The van der Waals surface area contributed by atoms with Gasteiger partial charge in [0.1, 0.15) is 10.6 Å². The first-order valence-electron chi connectivity index (χ1n) is 8.21. The van der Waals surface area contributed by atoms with Gasteiger partial charge in [-0.3, -0.25) is 20.4 Å². The van der Waals surface area contributed by atoms with Crippen LogP contribution in [0.3, 0.4) is 0 Å². The van der Waals surface area contributed by atoms with E-state index in [1.807, 2.05) is 31.2 Å². The van der Waals surface area contributed by atoms with E-state index in [0.717, 1.165) is 21.0 Å². The number of nitrogens with one attached hydrogen (secondary N) is 2. The first-order valence-corrected chi connectivity index (χ1v) is 10.2. The smallest absolute Gasteiger partial charge is 0.281 e. The third-order valence-electron chi connectivity index (χ3n) is 3.68. The number of thiophene rings is 1. The molecule has 1 aromatic heterocycles. The molecule has 3 aromatic rings. The normalized spacial score (nSPS) is 10.6. The maximum Gasteiger partial charge on any atom is 0.281 e. The van der Waals surface area contributed by atoms with Crippen LogP contribution in [0.4, 0.5) is 0 Å². The molecule has 0 aliphatic carbocycles. The first-order chi connectivity index (χ1) is 13.0. The van der Waals surface area contributed by atoms with Crippen LogP contribution >= 0.6 is 38.9 Å². The number of hydrazine groups is 1. The molecule has 0 bridgehead atoms. The molecule has 1 heterocycles. The van der Waals surface area contributed by atoms with Gasteiger partial charge in [0.2, 0.25) is 0 Å². The zero-order chi connectivity index (χ0) is 19.4. The summed E-state index contributed by atoms with van der Waals surface area (Å²) in [5, 5.41) is 1.18. The minimum atomic E-state index is -0.479. The maximum absolute atomic E-state index is 12.5. The van der Waals surface area contributed by atoms with E-state index in [9.17, 15) is 9.59 Å². The van der Waals surface area contributed by atoms with Crippen molar-refractivity contribution >= 4 is 60.8 Å². The van der Waals surface area contributed by atoms with E-state index in [4.69, 9.17) is 16.3 Å². The van der Waals surface area contributed by atoms with Crippen LogP contribution in [0.1, 0.15) is 33.4 Å². The van der Waals surface area contributed by atoms with Gasteiger partial charge in [0, 0.05) is 14.6 Å². The van der Waals surface area contributed by atoms with Gasteiger partial charge in [0.05, 0.1) is 17.2 Å². The lowest BCUT2D eigenvalue weighted by atomic mass is 10.2. The van der Waals surface area contributed by atoms with Crippen LogP contribution in [0, 0.1) is 0 Å². The predicted octanol–water partition coefficient (Wildman–Crippen LogP) is 5.18. The third kappa shape index (κ3) is 4.43. The number of hydrogen-bond donors (Lipinski definition) is 2. The number of amides is 2. The summed E-state index contributed by atoms with van der Waals surface area (Å²) in [7, 11) is 0. The van der Waals surface area contributed by atoms with Crippen molar-refractivity contribution in [2.75, 3.05) is 6.61 Å². The Bertz CT molecular complexity index is 1010. The van der Waals surface area contributed by atoms with Gasteiger partial charge >= 0.3 is 0 Å². The fraction of sp³-hybridized carbons (Fsp3) is 0.158. The molecule has 0 saturated carbocycles. The third-order valence-corrected chi connectivity index (χ3v) is 5.85. The average molecular weight is 468 g/mol. The topological polar surface area (TPSA) is 67.4 Å². The molecule has 0 atom stereocenters. The Morgan fingerprint density at radius 1 is 1.15 bits per heavy atom. The van der Waals surface area contributed by atoms with Gasteiger partial charge in [-0.1, -0.05) is 52.7 Å². The Kier molecular flexibility index (Phi) is 6.36. The van der Waals surface area contributed by atoms with Crippen LogP contribution in [-0.2, 0) is 0 Å².